The fraction of sp³-hybridized carbons (Fsp3) is 0.133. The number of nitriles is 1. The number of halogens is 1. The topological polar surface area (TPSA) is 83.2 Å². The molecule has 0 saturated carbocycles. The highest BCUT2D eigenvalue weighted by molar-refractivity contribution is 14.1. The number of rotatable bonds is 3. The first-order valence-corrected chi connectivity index (χ1v) is 7.09. The van der Waals surface area contributed by atoms with Crippen LogP contribution in [0.2, 0.25) is 0 Å². The van der Waals surface area contributed by atoms with Crippen LogP contribution >= 0.6 is 22.6 Å². The second-order valence-corrected chi connectivity index (χ2v) is 5.63. The highest BCUT2D eigenvalue weighted by atomic mass is 127. The molecule has 0 atom stereocenters. The number of pyridine rings is 1. The molecule has 0 spiro atoms. The van der Waals surface area contributed by atoms with Gasteiger partial charge in [-0.2, -0.15) is 5.26 Å². The first kappa shape index (κ1) is 15.3. The Balaban J connectivity index is 2.53. The molecule has 6 heteroatoms. The molecule has 0 saturated heterocycles. The second kappa shape index (κ2) is 6.10. The van der Waals surface area contributed by atoms with E-state index in [1.165, 1.54) is 6.07 Å². The molecule has 0 amide bonds. The summed E-state index contributed by atoms with van der Waals surface area (Å²) in [4.78, 5) is 15.5. The van der Waals surface area contributed by atoms with Gasteiger partial charge in [0.15, 0.2) is 0 Å². The van der Waals surface area contributed by atoms with Crippen LogP contribution in [-0.4, -0.2) is 16.1 Å². The lowest BCUT2D eigenvalue weighted by molar-refractivity contribution is 0.0694. The number of carbonyl (C=O) groups is 1. The Bertz CT molecular complexity index is 766. The molecule has 106 valence electrons. The fourth-order valence-corrected chi connectivity index (χ4v) is 2.38. The summed E-state index contributed by atoms with van der Waals surface area (Å²) in [6.07, 6.45) is 0. The number of hydrogen-bond acceptors (Lipinski definition) is 4. The van der Waals surface area contributed by atoms with Crippen LogP contribution in [0.1, 0.15) is 27.3 Å². The number of hydrogen-bond donors (Lipinski definition) is 1. The van der Waals surface area contributed by atoms with E-state index in [4.69, 9.17) is 4.74 Å². The number of aryl methyl sites for hydroxylation is 2. The molecule has 1 heterocycles. The van der Waals surface area contributed by atoms with Crippen LogP contribution in [0.3, 0.4) is 0 Å². The number of carboxylic acids is 1. The van der Waals surface area contributed by atoms with Crippen molar-refractivity contribution in [1.82, 2.24) is 4.98 Å². The molecule has 2 rings (SSSR count). The summed E-state index contributed by atoms with van der Waals surface area (Å²) in [6.45, 7) is 3.50. The Hall–Kier alpha value is -2.14. The Kier molecular flexibility index (Phi) is 4.43. The van der Waals surface area contributed by atoms with E-state index >= 15 is 0 Å². The average Bonchev–Trinajstić information content (AvgIpc) is 2.40. The maximum atomic E-state index is 11.3. The second-order valence-electron chi connectivity index (χ2n) is 4.38. The van der Waals surface area contributed by atoms with Crippen LogP contribution < -0.4 is 4.74 Å². The van der Waals surface area contributed by atoms with Gasteiger partial charge in [-0.1, -0.05) is 0 Å². The maximum Gasteiger partial charge on any atom is 0.339 e. The molecule has 1 aromatic heterocycles. The minimum absolute atomic E-state index is 0.0536. The van der Waals surface area contributed by atoms with Crippen molar-refractivity contribution in [2.24, 2.45) is 0 Å². The largest absolute Gasteiger partial charge is 0.478 e. The van der Waals surface area contributed by atoms with Crippen molar-refractivity contribution in [3.05, 3.63) is 50.4 Å². The Morgan fingerprint density at radius 1 is 1.33 bits per heavy atom. The van der Waals surface area contributed by atoms with Crippen molar-refractivity contribution in [2.75, 3.05) is 0 Å². The van der Waals surface area contributed by atoms with Gasteiger partial charge in [-0.05, 0) is 54.6 Å². The molecule has 0 unspecified atom stereocenters. The predicted molar refractivity (Wildman–Crippen MR) is 84.6 cm³/mol. The van der Waals surface area contributed by atoms with Crippen molar-refractivity contribution >= 4 is 28.6 Å². The standard InChI is InChI=1S/C15H11IN2O3/c1-8-5-14(12(7-17)9(2)18-8)21-13-4-3-10(16)6-11(13)15(19)20/h3-6H,1-2H3,(H,19,20). The van der Waals surface area contributed by atoms with Crippen LogP contribution in [0.4, 0.5) is 0 Å². The van der Waals surface area contributed by atoms with Gasteiger partial charge >= 0.3 is 5.97 Å². The van der Waals surface area contributed by atoms with Crippen molar-refractivity contribution < 1.29 is 14.6 Å². The summed E-state index contributed by atoms with van der Waals surface area (Å²) in [5.74, 6) is -0.569. The first-order valence-electron chi connectivity index (χ1n) is 6.01. The third-order valence-corrected chi connectivity index (χ3v) is 3.47. The van der Waals surface area contributed by atoms with Gasteiger partial charge in [-0.25, -0.2) is 4.79 Å². The number of ether oxygens (including phenoxy) is 1. The first-order chi connectivity index (χ1) is 9.92. The van der Waals surface area contributed by atoms with E-state index in [1.807, 2.05) is 28.7 Å². The van der Waals surface area contributed by atoms with Crippen LogP contribution in [0.5, 0.6) is 11.5 Å². The summed E-state index contributed by atoms with van der Waals surface area (Å²) in [5.41, 5.74) is 1.60. The molecule has 5 nitrogen and oxygen atoms in total. The molecule has 0 bridgehead atoms. The third kappa shape index (κ3) is 3.31. The summed E-state index contributed by atoms with van der Waals surface area (Å²) >= 11 is 2.03. The Morgan fingerprint density at radius 2 is 2.05 bits per heavy atom. The SMILES string of the molecule is Cc1cc(Oc2ccc(I)cc2C(=O)O)c(C#N)c(C)n1. The van der Waals surface area contributed by atoms with E-state index in [-0.39, 0.29) is 11.3 Å². The number of aromatic carboxylic acids is 1. The molecule has 21 heavy (non-hydrogen) atoms. The van der Waals surface area contributed by atoms with Crippen LogP contribution in [0.25, 0.3) is 0 Å². The summed E-state index contributed by atoms with van der Waals surface area (Å²) in [7, 11) is 0. The zero-order valence-corrected chi connectivity index (χ0v) is 13.5. The Morgan fingerprint density at radius 3 is 2.67 bits per heavy atom. The Labute approximate surface area is 135 Å². The molecule has 1 aromatic carbocycles. The smallest absolute Gasteiger partial charge is 0.339 e. The number of nitrogens with zero attached hydrogens (tertiary/aromatic N) is 2. The molecule has 0 aliphatic carbocycles. The average molecular weight is 394 g/mol. The lowest BCUT2D eigenvalue weighted by Gasteiger charge is -2.12. The number of carboxylic acid groups (broad SMARTS) is 1. The lowest BCUT2D eigenvalue weighted by Crippen LogP contribution is -2.02. The quantitative estimate of drug-likeness (QED) is 0.804. The molecule has 0 fully saturated rings. The van der Waals surface area contributed by atoms with E-state index in [0.29, 0.717) is 22.7 Å². The molecule has 2 aromatic rings. The third-order valence-electron chi connectivity index (χ3n) is 2.80. The highest BCUT2D eigenvalue weighted by Crippen LogP contribution is 2.30. The predicted octanol–water partition coefficient (Wildman–Crippen LogP) is 3.67. The van der Waals surface area contributed by atoms with Gasteiger partial charge in [-0.3, -0.25) is 4.98 Å². The van der Waals surface area contributed by atoms with Crippen LogP contribution in [-0.2, 0) is 0 Å². The summed E-state index contributed by atoms with van der Waals surface area (Å²) in [6, 6.07) is 8.50. The molecular weight excluding hydrogens is 383 g/mol. The zero-order chi connectivity index (χ0) is 15.6. The van der Waals surface area contributed by atoms with Crippen molar-refractivity contribution in [1.29, 1.82) is 5.26 Å². The van der Waals surface area contributed by atoms with Crippen LogP contribution in [0, 0.1) is 28.7 Å². The highest BCUT2D eigenvalue weighted by Gasteiger charge is 2.16. The van der Waals surface area contributed by atoms with E-state index < -0.39 is 5.97 Å². The molecule has 0 aliphatic heterocycles. The zero-order valence-electron chi connectivity index (χ0n) is 11.3. The molecule has 1 N–H and O–H groups in total. The lowest BCUT2D eigenvalue weighted by atomic mass is 10.1. The van der Waals surface area contributed by atoms with Crippen molar-refractivity contribution in [2.45, 2.75) is 13.8 Å². The van der Waals surface area contributed by atoms with E-state index in [9.17, 15) is 15.2 Å². The van der Waals surface area contributed by atoms with E-state index in [1.54, 1.807) is 32.0 Å². The normalized spacial score (nSPS) is 10.0. The maximum absolute atomic E-state index is 11.3. The van der Waals surface area contributed by atoms with Crippen molar-refractivity contribution in [3.8, 4) is 17.6 Å². The summed E-state index contributed by atoms with van der Waals surface area (Å²) in [5, 5.41) is 18.4. The minimum Gasteiger partial charge on any atom is -0.478 e. The van der Waals surface area contributed by atoms with Gasteiger partial charge in [0, 0.05) is 15.3 Å². The molecular formula is C15H11IN2O3. The molecule has 0 radical (unpaired) electrons. The monoisotopic (exact) mass is 394 g/mol. The number of benzene rings is 1. The minimum atomic E-state index is -1.08. The van der Waals surface area contributed by atoms with Gasteiger partial charge in [-0.15, -0.1) is 0 Å². The van der Waals surface area contributed by atoms with Crippen molar-refractivity contribution in [3.63, 3.8) is 0 Å². The number of aromatic nitrogens is 1. The fourth-order valence-electron chi connectivity index (χ4n) is 1.89. The molecule has 0 aliphatic rings. The van der Waals surface area contributed by atoms with Gasteiger partial charge in [0.05, 0.1) is 5.69 Å². The van der Waals surface area contributed by atoms with Gasteiger partial charge < -0.3 is 9.84 Å². The van der Waals surface area contributed by atoms with E-state index in [0.717, 1.165) is 3.57 Å². The van der Waals surface area contributed by atoms with Gasteiger partial charge in [0.25, 0.3) is 0 Å². The van der Waals surface area contributed by atoms with Crippen LogP contribution in [0.15, 0.2) is 24.3 Å². The van der Waals surface area contributed by atoms with Gasteiger partial charge in [0.2, 0.25) is 0 Å². The van der Waals surface area contributed by atoms with Gasteiger partial charge in [0.1, 0.15) is 28.7 Å². The summed E-state index contributed by atoms with van der Waals surface area (Å²) < 4.78 is 6.45. The van der Waals surface area contributed by atoms with E-state index in [2.05, 4.69) is 4.98 Å².